The third kappa shape index (κ3) is 3.94. The van der Waals surface area contributed by atoms with Crippen LogP contribution in [0.4, 0.5) is 0 Å². The molecule has 1 fully saturated rings. The summed E-state index contributed by atoms with van der Waals surface area (Å²) >= 11 is 0. The predicted octanol–water partition coefficient (Wildman–Crippen LogP) is 2.73. The van der Waals surface area contributed by atoms with Crippen LogP contribution in [0.25, 0.3) is 0 Å². The van der Waals surface area contributed by atoms with Gasteiger partial charge < -0.3 is 0 Å². The van der Waals surface area contributed by atoms with E-state index in [1.165, 1.54) is 0 Å². The Morgan fingerprint density at radius 2 is 1.74 bits per heavy atom. The third-order valence-corrected chi connectivity index (χ3v) is 3.52. The van der Waals surface area contributed by atoms with Gasteiger partial charge in [0.2, 0.25) is 0 Å². The highest BCUT2D eigenvalue weighted by atomic mass is 16.1. The number of hydrogen-bond acceptors (Lipinski definition) is 2. The van der Waals surface area contributed by atoms with Crippen molar-refractivity contribution in [2.24, 2.45) is 5.92 Å². The number of hydrogen-bond donors (Lipinski definition) is 0. The second kappa shape index (κ2) is 6.54. The molecule has 1 heterocycles. The number of benzene rings is 1. The van der Waals surface area contributed by atoms with E-state index in [0.29, 0.717) is 24.5 Å². The Morgan fingerprint density at radius 3 is 2.32 bits per heavy atom. The molecule has 1 saturated heterocycles. The molecule has 2 heteroatoms. The lowest BCUT2D eigenvalue weighted by Crippen LogP contribution is -2.43. The van der Waals surface area contributed by atoms with Crippen LogP contribution in [0.3, 0.4) is 0 Å². The Kier molecular flexibility index (Phi) is 4.76. The topological polar surface area (TPSA) is 20.3 Å². The van der Waals surface area contributed by atoms with Crippen molar-refractivity contribution in [1.82, 2.24) is 4.90 Å². The third-order valence-electron chi connectivity index (χ3n) is 3.52. The maximum Gasteiger partial charge on any atom is 0.135 e. The smallest absolute Gasteiger partial charge is 0.135 e. The SMILES string of the molecule is CC(C)[C@@H](C#Cc1ccccc1)N1CCC(=O)CC1. The van der Waals surface area contributed by atoms with Crippen molar-refractivity contribution in [3.63, 3.8) is 0 Å². The summed E-state index contributed by atoms with van der Waals surface area (Å²) in [6.45, 7) is 6.10. The number of rotatable bonds is 2. The molecule has 2 rings (SSSR count). The van der Waals surface area contributed by atoms with Crippen molar-refractivity contribution < 1.29 is 4.79 Å². The van der Waals surface area contributed by atoms with Crippen molar-refractivity contribution in [2.45, 2.75) is 32.7 Å². The number of carbonyl (C=O) groups is 1. The zero-order chi connectivity index (χ0) is 13.7. The second-order valence-electron chi connectivity index (χ2n) is 5.40. The van der Waals surface area contributed by atoms with E-state index in [0.717, 1.165) is 18.7 Å². The van der Waals surface area contributed by atoms with Crippen LogP contribution < -0.4 is 0 Å². The summed E-state index contributed by atoms with van der Waals surface area (Å²) in [7, 11) is 0. The molecule has 0 N–H and O–H groups in total. The molecule has 0 unspecified atom stereocenters. The van der Waals surface area contributed by atoms with Crippen LogP contribution in [0.1, 0.15) is 32.3 Å². The molecule has 0 bridgehead atoms. The summed E-state index contributed by atoms with van der Waals surface area (Å²) in [5.41, 5.74) is 1.06. The lowest BCUT2D eigenvalue weighted by Gasteiger charge is -2.33. The number of ketones is 1. The van der Waals surface area contributed by atoms with Gasteiger partial charge in [0.1, 0.15) is 5.78 Å². The highest BCUT2D eigenvalue weighted by molar-refractivity contribution is 5.79. The fourth-order valence-electron chi connectivity index (χ4n) is 2.41. The van der Waals surface area contributed by atoms with Crippen LogP contribution in [0.2, 0.25) is 0 Å². The van der Waals surface area contributed by atoms with Crippen LogP contribution in [-0.2, 0) is 4.79 Å². The van der Waals surface area contributed by atoms with Gasteiger partial charge in [0, 0.05) is 31.5 Å². The number of nitrogens with zero attached hydrogens (tertiary/aromatic N) is 1. The van der Waals surface area contributed by atoms with E-state index in [4.69, 9.17) is 0 Å². The molecule has 0 aliphatic carbocycles. The van der Waals surface area contributed by atoms with Gasteiger partial charge in [0.05, 0.1) is 6.04 Å². The molecule has 0 aromatic heterocycles. The summed E-state index contributed by atoms with van der Waals surface area (Å²) in [6.07, 6.45) is 1.35. The quantitative estimate of drug-likeness (QED) is 0.757. The molecule has 0 saturated carbocycles. The lowest BCUT2D eigenvalue weighted by molar-refractivity contribution is -0.121. The summed E-state index contributed by atoms with van der Waals surface area (Å²) in [5.74, 6) is 7.50. The van der Waals surface area contributed by atoms with Gasteiger partial charge in [-0.05, 0) is 18.1 Å². The Bertz CT molecular complexity index is 471. The first-order valence-corrected chi connectivity index (χ1v) is 6.99. The summed E-state index contributed by atoms with van der Waals surface area (Å²) < 4.78 is 0. The minimum atomic E-state index is 0.244. The monoisotopic (exact) mass is 255 g/mol. The van der Waals surface area contributed by atoms with Gasteiger partial charge in [-0.3, -0.25) is 9.69 Å². The highest BCUT2D eigenvalue weighted by Crippen LogP contribution is 2.15. The Balaban J connectivity index is 2.09. The van der Waals surface area contributed by atoms with E-state index in [9.17, 15) is 4.79 Å². The van der Waals surface area contributed by atoms with Crippen molar-refractivity contribution in [3.05, 3.63) is 35.9 Å². The molecule has 100 valence electrons. The maximum absolute atomic E-state index is 11.3. The van der Waals surface area contributed by atoms with Gasteiger partial charge >= 0.3 is 0 Å². The van der Waals surface area contributed by atoms with Crippen molar-refractivity contribution in [3.8, 4) is 11.8 Å². The van der Waals surface area contributed by atoms with Crippen molar-refractivity contribution in [2.75, 3.05) is 13.1 Å². The zero-order valence-electron chi connectivity index (χ0n) is 11.7. The molecular formula is C17H21NO. The van der Waals surface area contributed by atoms with Gasteiger partial charge in [-0.1, -0.05) is 43.9 Å². The molecule has 1 aromatic rings. The van der Waals surface area contributed by atoms with E-state index in [2.05, 4.69) is 30.6 Å². The maximum atomic E-state index is 11.3. The molecule has 1 aliphatic rings. The fraction of sp³-hybridized carbons (Fsp3) is 0.471. The normalized spacial score (nSPS) is 17.9. The van der Waals surface area contributed by atoms with Crippen molar-refractivity contribution in [1.29, 1.82) is 0 Å². The summed E-state index contributed by atoms with van der Waals surface area (Å²) in [5, 5.41) is 0. The summed E-state index contributed by atoms with van der Waals surface area (Å²) in [6, 6.07) is 10.3. The molecule has 2 nitrogen and oxygen atoms in total. The average Bonchev–Trinajstić information content (AvgIpc) is 2.42. The Labute approximate surface area is 115 Å². The number of piperidine rings is 1. The number of Topliss-reactive ketones (excluding diaryl/α,β-unsaturated/α-hetero) is 1. The molecular weight excluding hydrogens is 234 g/mol. The first kappa shape index (κ1) is 13.8. The standard InChI is InChI=1S/C17H21NO/c1-14(2)17(18-12-10-16(19)11-13-18)9-8-15-6-4-3-5-7-15/h3-7,14,17H,10-13H2,1-2H3/t17-/m1/s1. The molecule has 19 heavy (non-hydrogen) atoms. The Morgan fingerprint density at radius 1 is 1.11 bits per heavy atom. The zero-order valence-corrected chi connectivity index (χ0v) is 11.7. The first-order valence-electron chi connectivity index (χ1n) is 6.99. The van der Waals surface area contributed by atoms with Gasteiger partial charge in [-0.15, -0.1) is 0 Å². The molecule has 1 aliphatic heterocycles. The van der Waals surface area contributed by atoms with Gasteiger partial charge in [0.15, 0.2) is 0 Å². The van der Waals surface area contributed by atoms with E-state index < -0.39 is 0 Å². The molecule has 0 amide bonds. The number of likely N-dealkylation sites (tertiary alicyclic amines) is 1. The second-order valence-corrected chi connectivity index (χ2v) is 5.40. The highest BCUT2D eigenvalue weighted by Gasteiger charge is 2.24. The molecule has 1 aromatic carbocycles. The molecule has 0 spiro atoms. The van der Waals surface area contributed by atoms with E-state index in [1.807, 2.05) is 30.3 Å². The first-order chi connectivity index (χ1) is 9.16. The Hall–Kier alpha value is -1.59. The van der Waals surface area contributed by atoms with E-state index in [1.54, 1.807) is 0 Å². The fourth-order valence-corrected chi connectivity index (χ4v) is 2.41. The van der Waals surface area contributed by atoms with E-state index in [-0.39, 0.29) is 6.04 Å². The van der Waals surface area contributed by atoms with Crippen LogP contribution in [0.15, 0.2) is 30.3 Å². The van der Waals surface area contributed by atoms with Crippen LogP contribution in [-0.4, -0.2) is 29.8 Å². The largest absolute Gasteiger partial charge is 0.300 e. The van der Waals surface area contributed by atoms with E-state index >= 15 is 0 Å². The van der Waals surface area contributed by atoms with Crippen LogP contribution >= 0.6 is 0 Å². The minimum Gasteiger partial charge on any atom is -0.300 e. The molecule has 1 atom stereocenters. The summed E-state index contributed by atoms with van der Waals surface area (Å²) in [4.78, 5) is 13.7. The van der Waals surface area contributed by atoms with Gasteiger partial charge in [-0.2, -0.15) is 0 Å². The van der Waals surface area contributed by atoms with Gasteiger partial charge in [-0.25, -0.2) is 0 Å². The molecule has 0 radical (unpaired) electrons. The lowest BCUT2D eigenvalue weighted by atomic mass is 9.99. The van der Waals surface area contributed by atoms with Crippen LogP contribution in [0.5, 0.6) is 0 Å². The van der Waals surface area contributed by atoms with Crippen LogP contribution in [0, 0.1) is 17.8 Å². The van der Waals surface area contributed by atoms with Crippen molar-refractivity contribution >= 4 is 5.78 Å². The predicted molar refractivity (Wildman–Crippen MR) is 77.8 cm³/mol. The average molecular weight is 255 g/mol. The number of carbonyl (C=O) groups excluding carboxylic acids is 1. The van der Waals surface area contributed by atoms with Gasteiger partial charge in [0.25, 0.3) is 0 Å². The minimum absolute atomic E-state index is 0.244.